The number of carbonyl (C=O) groups is 1. The number of benzene rings is 2. The van der Waals surface area contributed by atoms with E-state index in [9.17, 15) is 4.79 Å². The van der Waals surface area contributed by atoms with Crippen LogP contribution >= 0.6 is 27.5 Å². The normalized spacial score (nSPS) is 10.2. The van der Waals surface area contributed by atoms with Crippen LogP contribution < -0.4 is 10.5 Å². The van der Waals surface area contributed by atoms with Crippen molar-refractivity contribution < 1.29 is 14.6 Å². The third kappa shape index (κ3) is 3.19. The molecule has 0 radical (unpaired) electrons. The Morgan fingerprint density at radius 1 is 1.26 bits per heavy atom. The van der Waals surface area contributed by atoms with Gasteiger partial charge in [-0.1, -0.05) is 27.5 Å². The second-order valence-corrected chi connectivity index (χ2v) is 5.05. The van der Waals surface area contributed by atoms with E-state index in [2.05, 4.69) is 15.9 Å². The van der Waals surface area contributed by atoms with Gasteiger partial charge in [-0.15, -0.1) is 0 Å². The van der Waals surface area contributed by atoms with E-state index in [0.29, 0.717) is 16.5 Å². The number of nitrogen functional groups attached to an aromatic ring is 1. The van der Waals surface area contributed by atoms with Gasteiger partial charge in [0.15, 0.2) is 0 Å². The van der Waals surface area contributed by atoms with E-state index in [4.69, 9.17) is 27.2 Å². The molecule has 0 amide bonds. The Balaban J connectivity index is 2.29. The maximum absolute atomic E-state index is 10.8. The van der Waals surface area contributed by atoms with Gasteiger partial charge in [0.05, 0.1) is 10.6 Å². The molecule has 6 heteroatoms. The third-order valence-electron chi connectivity index (χ3n) is 2.38. The third-order valence-corrected chi connectivity index (χ3v) is 3.16. The predicted octanol–water partition coefficient (Wildman–Crippen LogP) is 4.18. The molecule has 0 fully saturated rings. The molecule has 0 aliphatic carbocycles. The van der Waals surface area contributed by atoms with E-state index in [1.165, 1.54) is 18.2 Å². The summed E-state index contributed by atoms with van der Waals surface area (Å²) < 4.78 is 6.39. The minimum absolute atomic E-state index is 0.0363. The maximum Gasteiger partial charge on any atom is 0.337 e. The number of carboxylic acids is 1. The molecule has 0 saturated carbocycles. The van der Waals surface area contributed by atoms with E-state index in [-0.39, 0.29) is 11.3 Å². The highest BCUT2D eigenvalue weighted by molar-refractivity contribution is 9.10. The Hall–Kier alpha value is -1.72. The number of aromatic carboxylic acids is 1. The van der Waals surface area contributed by atoms with Crippen LogP contribution in [0.25, 0.3) is 0 Å². The summed E-state index contributed by atoms with van der Waals surface area (Å²) >= 11 is 9.31. The summed E-state index contributed by atoms with van der Waals surface area (Å²) in [6.45, 7) is 0. The highest BCUT2D eigenvalue weighted by atomic mass is 79.9. The molecule has 0 aliphatic rings. The van der Waals surface area contributed by atoms with E-state index in [0.717, 1.165) is 4.47 Å². The molecule has 0 atom stereocenters. The van der Waals surface area contributed by atoms with Crippen LogP contribution in [0.15, 0.2) is 40.9 Å². The SMILES string of the molecule is Nc1cc(Oc2ccc(Br)cc2Cl)ccc1C(=O)O. The molecule has 0 spiro atoms. The highest BCUT2D eigenvalue weighted by Gasteiger charge is 2.10. The molecule has 2 aromatic carbocycles. The number of nitrogens with two attached hydrogens (primary N) is 1. The average molecular weight is 343 g/mol. The van der Waals surface area contributed by atoms with Crippen molar-refractivity contribution in [3.05, 3.63) is 51.5 Å². The molecule has 2 aromatic rings. The quantitative estimate of drug-likeness (QED) is 0.821. The summed E-state index contributed by atoms with van der Waals surface area (Å²) in [6.07, 6.45) is 0. The number of hydrogen-bond acceptors (Lipinski definition) is 3. The van der Waals surface area contributed by atoms with Crippen LogP contribution in [0.3, 0.4) is 0 Å². The summed E-state index contributed by atoms with van der Waals surface area (Å²) in [7, 11) is 0. The summed E-state index contributed by atoms with van der Waals surface area (Å²) in [5.74, 6) is -0.190. The summed E-state index contributed by atoms with van der Waals surface area (Å²) in [6, 6.07) is 9.55. The van der Waals surface area contributed by atoms with Crippen molar-refractivity contribution in [2.75, 3.05) is 5.73 Å². The zero-order chi connectivity index (χ0) is 14.0. The van der Waals surface area contributed by atoms with Crippen molar-refractivity contribution in [3.8, 4) is 11.5 Å². The van der Waals surface area contributed by atoms with Crippen molar-refractivity contribution in [3.63, 3.8) is 0 Å². The second-order valence-electron chi connectivity index (χ2n) is 3.73. The van der Waals surface area contributed by atoms with Gasteiger partial charge in [-0.05, 0) is 30.3 Å². The number of halogens is 2. The van der Waals surface area contributed by atoms with Crippen LogP contribution in [-0.2, 0) is 0 Å². The first-order chi connectivity index (χ1) is 8.97. The molecule has 0 heterocycles. The van der Waals surface area contributed by atoms with Crippen molar-refractivity contribution >= 4 is 39.2 Å². The Kier molecular flexibility index (Phi) is 3.97. The first kappa shape index (κ1) is 13.7. The molecule has 98 valence electrons. The van der Waals surface area contributed by atoms with Gasteiger partial charge < -0.3 is 15.6 Å². The standard InChI is InChI=1S/C13H9BrClNO3/c14-7-1-4-12(10(15)5-7)19-8-2-3-9(13(17)18)11(16)6-8/h1-6H,16H2,(H,17,18). The lowest BCUT2D eigenvalue weighted by atomic mass is 10.2. The van der Waals surface area contributed by atoms with Gasteiger partial charge in [0.25, 0.3) is 0 Å². The fourth-order valence-electron chi connectivity index (χ4n) is 1.48. The highest BCUT2D eigenvalue weighted by Crippen LogP contribution is 2.32. The molecular formula is C13H9BrClNO3. The smallest absolute Gasteiger partial charge is 0.337 e. The molecule has 19 heavy (non-hydrogen) atoms. The van der Waals surface area contributed by atoms with Crippen LogP contribution in [0.5, 0.6) is 11.5 Å². The fourth-order valence-corrected chi connectivity index (χ4v) is 2.20. The Labute approximate surface area is 122 Å². The number of rotatable bonds is 3. The van der Waals surface area contributed by atoms with E-state index < -0.39 is 5.97 Å². The zero-order valence-corrected chi connectivity index (χ0v) is 11.9. The van der Waals surface area contributed by atoms with Crippen molar-refractivity contribution in [2.24, 2.45) is 0 Å². The summed E-state index contributed by atoms with van der Waals surface area (Å²) in [4.78, 5) is 10.8. The average Bonchev–Trinajstić information content (AvgIpc) is 2.32. The predicted molar refractivity (Wildman–Crippen MR) is 77.0 cm³/mol. The van der Waals surface area contributed by atoms with Crippen LogP contribution in [0.2, 0.25) is 5.02 Å². The monoisotopic (exact) mass is 341 g/mol. The topological polar surface area (TPSA) is 72.5 Å². The van der Waals surface area contributed by atoms with Crippen LogP contribution in [0.4, 0.5) is 5.69 Å². The van der Waals surface area contributed by atoms with Crippen LogP contribution in [0.1, 0.15) is 10.4 Å². The minimum atomic E-state index is -1.08. The number of carboxylic acid groups (broad SMARTS) is 1. The minimum Gasteiger partial charge on any atom is -0.478 e. The molecular weight excluding hydrogens is 334 g/mol. The largest absolute Gasteiger partial charge is 0.478 e. The van der Waals surface area contributed by atoms with Gasteiger partial charge in [0.1, 0.15) is 11.5 Å². The van der Waals surface area contributed by atoms with Crippen molar-refractivity contribution in [1.82, 2.24) is 0 Å². The Bertz CT molecular complexity index is 646. The fraction of sp³-hybridized carbons (Fsp3) is 0. The molecule has 0 aromatic heterocycles. The van der Waals surface area contributed by atoms with E-state index >= 15 is 0 Å². The number of ether oxygens (including phenoxy) is 1. The van der Waals surface area contributed by atoms with Crippen LogP contribution in [0, 0.1) is 0 Å². The molecule has 0 aliphatic heterocycles. The van der Waals surface area contributed by atoms with Gasteiger partial charge >= 0.3 is 5.97 Å². The first-order valence-corrected chi connectivity index (χ1v) is 6.40. The van der Waals surface area contributed by atoms with Crippen molar-refractivity contribution in [1.29, 1.82) is 0 Å². The van der Waals surface area contributed by atoms with Gasteiger partial charge in [0, 0.05) is 16.2 Å². The number of hydrogen-bond donors (Lipinski definition) is 2. The molecule has 0 bridgehead atoms. The Morgan fingerprint density at radius 2 is 2.00 bits per heavy atom. The lowest BCUT2D eigenvalue weighted by Gasteiger charge is -2.09. The van der Waals surface area contributed by atoms with Crippen molar-refractivity contribution in [2.45, 2.75) is 0 Å². The van der Waals surface area contributed by atoms with Crippen LogP contribution in [-0.4, -0.2) is 11.1 Å². The molecule has 4 nitrogen and oxygen atoms in total. The van der Waals surface area contributed by atoms with Gasteiger partial charge in [-0.2, -0.15) is 0 Å². The summed E-state index contributed by atoms with van der Waals surface area (Å²) in [5, 5.41) is 9.31. The molecule has 3 N–H and O–H groups in total. The Morgan fingerprint density at radius 3 is 2.58 bits per heavy atom. The zero-order valence-electron chi connectivity index (χ0n) is 9.56. The van der Waals surface area contributed by atoms with Gasteiger partial charge in [-0.3, -0.25) is 0 Å². The second kappa shape index (κ2) is 5.50. The first-order valence-electron chi connectivity index (χ1n) is 5.23. The van der Waals surface area contributed by atoms with E-state index in [1.54, 1.807) is 18.2 Å². The lowest BCUT2D eigenvalue weighted by molar-refractivity contribution is 0.0698. The molecule has 2 rings (SSSR count). The molecule has 0 saturated heterocycles. The summed E-state index contributed by atoms with van der Waals surface area (Å²) in [5.41, 5.74) is 5.81. The maximum atomic E-state index is 10.8. The van der Waals surface area contributed by atoms with Gasteiger partial charge in [-0.25, -0.2) is 4.79 Å². The van der Waals surface area contributed by atoms with Gasteiger partial charge in [0.2, 0.25) is 0 Å². The number of anilines is 1. The molecule has 0 unspecified atom stereocenters. The lowest BCUT2D eigenvalue weighted by Crippen LogP contribution is -2.02. The van der Waals surface area contributed by atoms with E-state index in [1.807, 2.05) is 0 Å².